The Morgan fingerprint density at radius 3 is 2.57 bits per heavy atom. The zero-order valence-electron chi connectivity index (χ0n) is 14.9. The van der Waals surface area contributed by atoms with E-state index in [9.17, 15) is 18.0 Å². The monoisotopic (exact) mass is 395 g/mol. The van der Waals surface area contributed by atoms with E-state index in [1.165, 1.54) is 4.52 Å². The highest BCUT2D eigenvalue weighted by atomic mass is 19.4. The number of ether oxygens (including phenoxy) is 2. The lowest BCUT2D eigenvalue weighted by molar-refractivity contribution is -0.167. The predicted octanol–water partition coefficient (Wildman–Crippen LogP) is 2.86. The van der Waals surface area contributed by atoms with E-state index in [1.54, 1.807) is 43.9 Å². The van der Waals surface area contributed by atoms with Crippen molar-refractivity contribution in [1.29, 1.82) is 0 Å². The summed E-state index contributed by atoms with van der Waals surface area (Å²) in [6, 6.07) is 8.73. The van der Waals surface area contributed by atoms with Gasteiger partial charge in [0.05, 0.1) is 26.1 Å². The quantitative estimate of drug-likeness (QED) is 0.667. The number of hydrogen-bond donors (Lipinski definition) is 2. The first kappa shape index (κ1) is 19.3. The third-order valence-electron chi connectivity index (χ3n) is 3.76. The van der Waals surface area contributed by atoms with Gasteiger partial charge in [-0.15, -0.1) is 5.10 Å². The molecule has 0 saturated carbocycles. The Morgan fingerprint density at radius 2 is 1.89 bits per heavy atom. The van der Waals surface area contributed by atoms with Crippen LogP contribution in [-0.2, 0) is 11.3 Å². The molecule has 8 nitrogen and oxygen atoms in total. The molecule has 0 radical (unpaired) electrons. The van der Waals surface area contributed by atoms with Gasteiger partial charge in [-0.1, -0.05) is 6.07 Å². The zero-order chi connectivity index (χ0) is 20.3. The molecule has 0 aliphatic rings. The van der Waals surface area contributed by atoms with E-state index in [-0.39, 0.29) is 5.65 Å². The highest BCUT2D eigenvalue weighted by Crippen LogP contribution is 2.28. The van der Waals surface area contributed by atoms with Crippen LogP contribution < -0.4 is 20.1 Å². The van der Waals surface area contributed by atoms with Crippen molar-refractivity contribution in [3.8, 4) is 11.5 Å². The number of nitrogens with zero attached hydrogens (tertiary/aromatic N) is 3. The van der Waals surface area contributed by atoms with E-state index in [0.717, 1.165) is 5.56 Å². The number of carbonyl (C=O) groups is 1. The molecule has 0 aliphatic carbocycles. The molecule has 1 aromatic carbocycles. The maximum atomic E-state index is 12.3. The molecule has 1 amide bonds. The van der Waals surface area contributed by atoms with Crippen molar-refractivity contribution in [2.24, 2.45) is 0 Å². The molecule has 11 heteroatoms. The molecule has 0 aliphatic heterocycles. The second kappa shape index (κ2) is 7.62. The van der Waals surface area contributed by atoms with Crippen molar-refractivity contribution in [3.63, 3.8) is 0 Å². The number of benzene rings is 1. The summed E-state index contributed by atoms with van der Waals surface area (Å²) in [5.74, 6) is -1.35. The van der Waals surface area contributed by atoms with Gasteiger partial charge in [0.1, 0.15) is 0 Å². The third kappa shape index (κ3) is 4.24. The average Bonchev–Trinajstić information content (AvgIpc) is 3.06. The first-order chi connectivity index (χ1) is 13.3. The van der Waals surface area contributed by atoms with Crippen molar-refractivity contribution in [2.45, 2.75) is 12.7 Å². The first-order valence-corrected chi connectivity index (χ1v) is 7.99. The van der Waals surface area contributed by atoms with E-state index in [0.29, 0.717) is 23.7 Å². The molecule has 3 aromatic rings. The van der Waals surface area contributed by atoms with Crippen LogP contribution in [0.25, 0.3) is 5.65 Å². The predicted molar refractivity (Wildman–Crippen MR) is 94.5 cm³/mol. The number of anilines is 2. The summed E-state index contributed by atoms with van der Waals surface area (Å²) in [5, 5.41) is 8.61. The molecule has 28 heavy (non-hydrogen) atoms. The van der Waals surface area contributed by atoms with Crippen molar-refractivity contribution in [1.82, 2.24) is 14.6 Å². The highest BCUT2D eigenvalue weighted by Gasteiger charge is 2.39. The molecule has 2 N–H and O–H groups in total. The number of carbonyl (C=O) groups excluding carboxylic acids is 1. The number of nitrogens with one attached hydrogen (secondary N) is 2. The van der Waals surface area contributed by atoms with Crippen molar-refractivity contribution in [2.75, 3.05) is 24.9 Å². The van der Waals surface area contributed by atoms with Crippen molar-refractivity contribution < 1.29 is 27.4 Å². The molecule has 148 valence electrons. The third-order valence-corrected chi connectivity index (χ3v) is 3.76. The normalized spacial score (nSPS) is 11.3. The van der Waals surface area contributed by atoms with Crippen LogP contribution in [0.2, 0.25) is 0 Å². The van der Waals surface area contributed by atoms with Gasteiger partial charge < -0.3 is 14.8 Å². The minimum Gasteiger partial charge on any atom is -0.493 e. The maximum Gasteiger partial charge on any atom is 0.471 e. The van der Waals surface area contributed by atoms with Crippen LogP contribution in [0.3, 0.4) is 0 Å². The number of hydrogen-bond acceptors (Lipinski definition) is 6. The topological polar surface area (TPSA) is 89.8 Å². The van der Waals surface area contributed by atoms with E-state index >= 15 is 0 Å². The lowest BCUT2D eigenvalue weighted by Gasteiger charge is -2.11. The Kier molecular flexibility index (Phi) is 5.25. The number of methoxy groups -OCH3 is 2. The summed E-state index contributed by atoms with van der Waals surface area (Å²) in [6.45, 7) is 0.457. The maximum absolute atomic E-state index is 12.3. The van der Waals surface area contributed by atoms with Crippen LogP contribution in [0.5, 0.6) is 11.5 Å². The molecule has 2 heterocycles. The Labute approximate surface area is 157 Å². The molecular formula is C17H16F3N5O3. The molecule has 0 fully saturated rings. The van der Waals surface area contributed by atoms with E-state index in [1.807, 2.05) is 12.1 Å². The molecule has 0 spiro atoms. The standard InChI is InChI=1S/C17H16F3N5O3/c1-27-12-5-3-10(7-13(12)28-2)8-21-11-4-6-14-22-16(24-25(14)9-11)23-15(26)17(18,19)20/h3-7,9,21H,8H2,1-2H3,(H,23,24,26). The van der Waals surface area contributed by atoms with Gasteiger partial charge in [-0.25, -0.2) is 4.52 Å². The van der Waals surface area contributed by atoms with E-state index < -0.39 is 18.0 Å². The van der Waals surface area contributed by atoms with Gasteiger partial charge in [-0.05, 0) is 29.8 Å². The summed E-state index contributed by atoms with van der Waals surface area (Å²) in [5.41, 5.74) is 1.87. The SMILES string of the molecule is COc1ccc(CNc2ccc3nc(NC(=O)C(F)(F)F)nn3c2)cc1OC. The number of amides is 1. The lowest BCUT2D eigenvalue weighted by Crippen LogP contribution is -2.30. The number of pyridine rings is 1. The molecule has 0 atom stereocenters. The summed E-state index contributed by atoms with van der Waals surface area (Å²) in [7, 11) is 3.09. The molecule has 0 unspecified atom stereocenters. The smallest absolute Gasteiger partial charge is 0.471 e. The molecule has 2 aromatic heterocycles. The van der Waals surface area contributed by atoms with Crippen LogP contribution in [0.4, 0.5) is 24.8 Å². The van der Waals surface area contributed by atoms with Gasteiger partial charge in [-0.2, -0.15) is 18.2 Å². The average molecular weight is 395 g/mol. The molecule has 3 rings (SSSR count). The molecular weight excluding hydrogens is 379 g/mol. The summed E-state index contributed by atoms with van der Waals surface area (Å²) in [4.78, 5) is 14.8. The number of halogens is 3. The second-order valence-electron chi connectivity index (χ2n) is 5.65. The summed E-state index contributed by atoms with van der Waals surface area (Å²) < 4.78 is 48.7. The Hall–Kier alpha value is -3.50. The fourth-order valence-electron chi connectivity index (χ4n) is 2.41. The molecule has 0 bridgehead atoms. The van der Waals surface area contributed by atoms with Gasteiger partial charge in [0.15, 0.2) is 17.1 Å². The van der Waals surface area contributed by atoms with E-state index in [4.69, 9.17) is 9.47 Å². The minimum absolute atomic E-state index is 0.286. The Bertz CT molecular complexity index is 1000. The second-order valence-corrected chi connectivity index (χ2v) is 5.65. The number of fused-ring (bicyclic) bond motifs is 1. The van der Waals surface area contributed by atoms with Crippen LogP contribution in [0, 0.1) is 0 Å². The Morgan fingerprint density at radius 1 is 1.14 bits per heavy atom. The van der Waals surface area contributed by atoms with Gasteiger partial charge in [0.2, 0.25) is 5.95 Å². The summed E-state index contributed by atoms with van der Waals surface area (Å²) >= 11 is 0. The number of aromatic nitrogens is 3. The van der Waals surface area contributed by atoms with Crippen LogP contribution in [0.15, 0.2) is 36.5 Å². The van der Waals surface area contributed by atoms with Crippen molar-refractivity contribution in [3.05, 3.63) is 42.1 Å². The highest BCUT2D eigenvalue weighted by molar-refractivity contribution is 5.93. The van der Waals surface area contributed by atoms with Gasteiger partial charge >= 0.3 is 12.1 Å². The number of rotatable bonds is 6. The Balaban J connectivity index is 1.71. The fourth-order valence-corrected chi connectivity index (χ4v) is 2.41. The first-order valence-electron chi connectivity index (χ1n) is 7.99. The fraction of sp³-hybridized carbons (Fsp3) is 0.235. The lowest BCUT2D eigenvalue weighted by atomic mass is 10.2. The summed E-state index contributed by atoms with van der Waals surface area (Å²) in [6.07, 6.45) is -3.46. The molecule has 0 saturated heterocycles. The van der Waals surface area contributed by atoms with Crippen LogP contribution >= 0.6 is 0 Å². The van der Waals surface area contributed by atoms with Gasteiger partial charge in [0, 0.05) is 6.54 Å². The largest absolute Gasteiger partial charge is 0.493 e. The van der Waals surface area contributed by atoms with Crippen LogP contribution in [-0.4, -0.2) is 40.9 Å². The minimum atomic E-state index is -5.01. The van der Waals surface area contributed by atoms with E-state index in [2.05, 4.69) is 15.4 Å². The van der Waals surface area contributed by atoms with Gasteiger partial charge in [0.25, 0.3) is 0 Å². The number of alkyl halides is 3. The van der Waals surface area contributed by atoms with Gasteiger partial charge in [-0.3, -0.25) is 10.1 Å². The van der Waals surface area contributed by atoms with Crippen LogP contribution in [0.1, 0.15) is 5.56 Å². The zero-order valence-corrected chi connectivity index (χ0v) is 14.9. The van der Waals surface area contributed by atoms with Crippen molar-refractivity contribution >= 4 is 23.2 Å².